The molecule has 0 saturated heterocycles. The summed E-state index contributed by atoms with van der Waals surface area (Å²) in [5.74, 6) is 1.54. The van der Waals surface area contributed by atoms with Gasteiger partial charge < -0.3 is 15.6 Å². The van der Waals surface area contributed by atoms with Gasteiger partial charge in [0.2, 0.25) is 0 Å². The maximum Gasteiger partial charge on any atom is 0.346 e. The molecule has 0 saturated carbocycles. The number of hydrogen-bond acceptors (Lipinski definition) is 5. The molecule has 0 spiro atoms. The third kappa shape index (κ3) is 13.8. The molecule has 3 N–H and O–H groups in total. The fourth-order valence-electron chi connectivity index (χ4n) is 2.50. The molecule has 1 atom stereocenters. The van der Waals surface area contributed by atoms with Crippen LogP contribution in [0.15, 0.2) is 59.2 Å². The molecule has 1 aromatic heterocycles. The van der Waals surface area contributed by atoms with Crippen LogP contribution in [0.5, 0.6) is 0 Å². The summed E-state index contributed by atoms with van der Waals surface area (Å²) in [4.78, 5) is 12.9. The van der Waals surface area contributed by atoms with Gasteiger partial charge >= 0.3 is 5.69 Å². The van der Waals surface area contributed by atoms with E-state index in [0.29, 0.717) is 23.8 Å². The van der Waals surface area contributed by atoms with E-state index >= 15 is 0 Å². The van der Waals surface area contributed by atoms with Crippen LogP contribution in [0.3, 0.4) is 0 Å². The fourth-order valence-corrected chi connectivity index (χ4v) is 2.50. The SMILES string of the molecule is C/C(Cl)=C\N.C/C=C(\C/C=C\Cn1c(/C(C)=C/C)nn(CC(O)C(C)(C)C)c1=O)OC(C)C.C=C. The molecule has 0 aliphatic heterocycles. The van der Waals surface area contributed by atoms with Crippen molar-refractivity contribution in [1.29, 1.82) is 0 Å². The van der Waals surface area contributed by atoms with Crippen LogP contribution in [-0.2, 0) is 17.8 Å². The molecule has 1 heterocycles. The number of ether oxygens (including phenoxy) is 1. The number of nitrogens with zero attached hydrogens (tertiary/aromatic N) is 3. The van der Waals surface area contributed by atoms with Crippen LogP contribution < -0.4 is 11.4 Å². The Kier molecular flexibility index (Phi) is 17.7. The van der Waals surface area contributed by atoms with Crippen molar-refractivity contribution in [2.45, 2.75) is 94.0 Å². The number of halogens is 1. The molecule has 0 aliphatic carbocycles. The monoisotopic (exact) mass is 510 g/mol. The average Bonchev–Trinajstić information content (AvgIpc) is 3.11. The largest absolute Gasteiger partial charge is 0.495 e. The molecule has 8 heteroatoms. The molecule has 1 aromatic rings. The lowest BCUT2D eigenvalue weighted by atomic mass is 9.89. The van der Waals surface area contributed by atoms with Crippen molar-refractivity contribution in [3.63, 3.8) is 0 Å². The Morgan fingerprint density at radius 3 is 2.14 bits per heavy atom. The first-order valence-corrected chi connectivity index (χ1v) is 12.2. The van der Waals surface area contributed by atoms with Crippen molar-refractivity contribution in [1.82, 2.24) is 14.3 Å². The van der Waals surface area contributed by atoms with E-state index in [0.717, 1.165) is 11.3 Å². The van der Waals surface area contributed by atoms with Crippen LogP contribution in [0.25, 0.3) is 5.57 Å². The number of aliphatic hydroxyl groups excluding tert-OH is 1. The predicted molar refractivity (Wildman–Crippen MR) is 150 cm³/mol. The number of nitrogens with two attached hydrogens (primary N) is 1. The van der Waals surface area contributed by atoms with Gasteiger partial charge in [-0.2, -0.15) is 0 Å². The summed E-state index contributed by atoms with van der Waals surface area (Å²) >= 11 is 5.20. The summed E-state index contributed by atoms with van der Waals surface area (Å²) in [6, 6.07) is 0. The minimum atomic E-state index is -0.659. The number of allylic oxidation sites excluding steroid dienone is 6. The highest BCUT2D eigenvalue weighted by Crippen LogP contribution is 2.20. The van der Waals surface area contributed by atoms with Crippen molar-refractivity contribution in [2.24, 2.45) is 11.1 Å². The minimum Gasteiger partial charge on any atom is -0.495 e. The van der Waals surface area contributed by atoms with Gasteiger partial charge in [-0.25, -0.2) is 9.48 Å². The molecular formula is C27H47ClN4O3. The molecule has 0 amide bonds. The summed E-state index contributed by atoms with van der Waals surface area (Å²) in [7, 11) is 0. The molecule has 0 radical (unpaired) electrons. The first-order chi connectivity index (χ1) is 16.3. The lowest BCUT2D eigenvalue weighted by Crippen LogP contribution is -2.35. The quantitative estimate of drug-likeness (QED) is 0.314. The highest BCUT2D eigenvalue weighted by molar-refractivity contribution is 6.29. The van der Waals surface area contributed by atoms with E-state index in [1.165, 1.54) is 10.9 Å². The van der Waals surface area contributed by atoms with Gasteiger partial charge in [-0.1, -0.05) is 50.6 Å². The smallest absolute Gasteiger partial charge is 0.346 e. The zero-order valence-electron chi connectivity index (χ0n) is 23.1. The third-order valence-corrected chi connectivity index (χ3v) is 4.89. The predicted octanol–water partition coefficient (Wildman–Crippen LogP) is 6.00. The first kappa shape index (κ1) is 34.7. The van der Waals surface area contributed by atoms with Crippen molar-refractivity contribution in [3.05, 3.63) is 70.8 Å². The maximum absolute atomic E-state index is 12.9. The van der Waals surface area contributed by atoms with Gasteiger partial charge in [-0.05, 0) is 58.6 Å². The average molecular weight is 511 g/mol. The first-order valence-electron chi connectivity index (χ1n) is 11.8. The van der Waals surface area contributed by atoms with E-state index in [4.69, 9.17) is 22.1 Å². The van der Waals surface area contributed by atoms with Crippen LogP contribution in [0.4, 0.5) is 0 Å². The molecule has 0 aliphatic rings. The summed E-state index contributed by atoms with van der Waals surface area (Å²) < 4.78 is 8.73. The Bertz CT molecular complexity index is 912. The van der Waals surface area contributed by atoms with Crippen molar-refractivity contribution in [2.75, 3.05) is 0 Å². The van der Waals surface area contributed by atoms with Crippen molar-refractivity contribution in [3.8, 4) is 0 Å². The standard InChI is InChI=1S/C22H37N3O3.C3H6ClN.C2H4/c1-9-17(5)20-23-25(15-19(26)22(6,7)8)21(27)24(20)14-12-11-13-18(10-2)28-16(3)4;1-3(4)2-5;1-2/h9-12,16,19,26H,13-15H2,1-8H3;2H,5H2,1H3;1-2H2/b12-11-,17-9+,18-10+;3-2+;. The third-order valence-electron chi connectivity index (χ3n) is 4.77. The van der Waals surface area contributed by atoms with Crippen molar-refractivity contribution >= 4 is 17.2 Å². The van der Waals surface area contributed by atoms with Gasteiger partial charge in [0.1, 0.15) is 0 Å². The minimum absolute atomic E-state index is 0.138. The van der Waals surface area contributed by atoms with Gasteiger partial charge in [0.05, 0.1) is 24.5 Å². The molecular weight excluding hydrogens is 464 g/mol. The second-order valence-electron chi connectivity index (χ2n) is 9.10. The molecule has 35 heavy (non-hydrogen) atoms. The van der Waals surface area contributed by atoms with Crippen LogP contribution in [0.1, 0.15) is 74.6 Å². The molecule has 0 bridgehead atoms. The Hall–Kier alpha value is -2.51. The van der Waals surface area contributed by atoms with Gasteiger partial charge in [0, 0.05) is 24.2 Å². The Morgan fingerprint density at radius 2 is 1.74 bits per heavy atom. The van der Waals surface area contributed by atoms with Gasteiger partial charge in [0.25, 0.3) is 0 Å². The van der Waals surface area contributed by atoms with Crippen LogP contribution in [0.2, 0.25) is 0 Å². The normalized spacial score (nSPS) is 13.8. The zero-order chi connectivity index (χ0) is 27.8. The molecule has 1 unspecified atom stereocenters. The highest BCUT2D eigenvalue weighted by Gasteiger charge is 2.25. The lowest BCUT2D eigenvalue weighted by Gasteiger charge is -2.25. The Morgan fingerprint density at radius 1 is 1.20 bits per heavy atom. The topological polar surface area (TPSA) is 95.3 Å². The van der Waals surface area contributed by atoms with E-state index in [1.54, 1.807) is 11.5 Å². The van der Waals surface area contributed by atoms with Crippen LogP contribution >= 0.6 is 11.6 Å². The van der Waals surface area contributed by atoms with Gasteiger partial charge in [-0.3, -0.25) is 4.57 Å². The molecule has 200 valence electrons. The molecule has 0 fully saturated rings. The number of aliphatic hydroxyl groups is 1. The van der Waals surface area contributed by atoms with Gasteiger partial charge in [-0.15, -0.1) is 18.3 Å². The summed E-state index contributed by atoms with van der Waals surface area (Å²) in [6.07, 6.45) is 9.35. The number of rotatable bonds is 9. The molecule has 0 aromatic carbocycles. The van der Waals surface area contributed by atoms with Crippen LogP contribution in [-0.4, -0.2) is 31.7 Å². The summed E-state index contributed by atoms with van der Waals surface area (Å²) in [5, 5.41) is 15.5. The highest BCUT2D eigenvalue weighted by atomic mass is 35.5. The van der Waals surface area contributed by atoms with E-state index in [2.05, 4.69) is 18.3 Å². The number of aromatic nitrogens is 3. The molecule has 7 nitrogen and oxygen atoms in total. The second kappa shape index (κ2) is 17.9. The fraction of sp³-hybridized carbons (Fsp3) is 0.556. The zero-order valence-corrected chi connectivity index (χ0v) is 23.9. The van der Waals surface area contributed by atoms with Crippen molar-refractivity contribution < 1.29 is 9.84 Å². The summed E-state index contributed by atoms with van der Waals surface area (Å²) in [5.41, 5.74) is 5.27. The van der Waals surface area contributed by atoms with E-state index in [-0.39, 0.29) is 23.8 Å². The lowest BCUT2D eigenvalue weighted by molar-refractivity contribution is 0.0440. The van der Waals surface area contributed by atoms with E-state index in [1.807, 2.05) is 79.7 Å². The Labute approximate surface area is 217 Å². The maximum atomic E-state index is 12.9. The second-order valence-corrected chi connectivity index (χ2v) is 9.70. The van der Waals surface area contributed by atoms with Crippen LogP contribution in [0, 0.1) is 5.41 Å². The Balaban J connectivity index is 0. The van der Waals surface area contributed by atoms with E-state index < -0.39 is 6.10 Å². The van der Waals surface area contributed by atoms with Gasteiger partial charge in [0.15, 0.2) is 5.82 Å². The summed E-state index contributed by atoms with van der Waals surface area (Å²) in [6.45, 7) is 24.0. The van der Waals surface area contributed by atoms with E-state index in [9.17, 15) is 9.90 Å². The molecule has 1 rings (SSSR count). The number of hydrogen-bond donors (Lipinski definition) is 2.